The van der Waals surface area contributed by atoms with Gasteiger partial charge in [-0.3, -0.25) is 9.59 Å². The number of fused-ring (bicyclic) bond motifs is 1. The quantitative estimate of drug-likeness (QED) is 0.861. The molecule has 2 heterocycles. The lowest BCUT2D eigenvalue weighted by Crippen LogP contribution is -2.35. The van der Waals surface area contributed by atoms with Crippen molar-refractivity contribution < 1.29 is 14.0 Å². The zero-order valence-electron chi connectivity index (χ0n) is 16.0. The molecule has 142 valence electrons. The van der Waals surface area contributed by atoms with Crippen LogP contribution in [0.15, 0.2) is 34.7 Å². The molecule has 0 bridgehead atoms. The normalized spacial score (nSPS) is 16.3. The van der Waals surface area contributed by atoms with E-state index in [2.05, 4.69) is 19.2 Å². The molecule has 0 saturated heterocycles. The van der Waals surface area contributed by atoms with Crippen LogP contribution in [0.1, 0.15) is 44.4 Å². The van der Waals surface area contributed by atoms with E-state index >= 15 is 0 Å². The zero-order chi connectivity index (χ0) is 19.0. The van der Waals surface area contributed by atoms with Crippen molar-refractivity contribution in [1.29, 1.82) is 0 Å². The van der Waals surface area contributed by atoms with Crippen LogP contribution in [0, 0.1) is 11.8 Å². The van der Waals surface area contributed by atoms with Crippen molar-refractivity contribution in [2.24, 2.45) is 11.8 Å². The lowest BCUT2D eigenvalue weighted by Gasteiger charge is -2.26. The Bertz CT molecular complexity index is 864. The van der Waals surface area contributed by atoms with Gasteiger partial charge in [0.15, 0.2) is 0 Å². The van der Waals surface area contributed by atoms with Crippen LogP contribution >= 0.6 is 0 Å². The third-order valence-electron chi connectivity index (χ3n) is 5.16. The molecule has 2 aromatic rings. The molecule has 1 aliphatic heterocycles. The fraction of sp³-hybridized carbons (Fsp3) is 0.455. The van der Waals surface area contributed by atoms with Gasteiger partial charge in [0.05, 0.1) is 0 Å². The second-order valence-corrected chi connectivity index (χ2v) is 8.07. The summed E-state index contributed by atoms with van der Waals surface area (Å²) >= 11 is 0. The number of amides is 2. The lowest BCUT2D eigenvalue weighted by atomic mass is 10.0. The molecule has 1 fully saturated rings. The van der Waals surface area contributed by atoms with E-state index in [1.54, 1.807) is 0 Å². The van der Waals surface area contributed by atoms with Crippen LogP contribution in [0.2, 0.25) is 0 Å². The number of anilines is 1. The van der Waals surface area contributed by atoms with Crippen LogP contribution in [0.4, 0.5) is 5.69 Å². The van der Waals surface area contributed by atoms with E-state index in [1.165, 1.54) is 0 Å². The molecule has 2 amide bonds. The molecule has 1 N–H and O–H groups in total. The number of furan rings is 1. The number of carbonyl (C=O) groups excluding carboxylic acids is 2. The summed E-state index contributed by atoms with van der Waals surface area (Å²) in [6.07, 6.45) is 3.31. The molecule has 1 aliphatic carbocycles. The Morgan fingerprint density at radius 2 is 2.07 bits per heavy atom. The van der Waals surface area contributed by atoms with E-state index in [0.717, 1.165) is 47.6 Å². The molecule has 4 rings (SSSR count). The second kappa shape index (κ2) is 7.22. The molecule has 0 unspecified atom stereocenters. The molecule has 0 radical (unpaired) electrons. The SMILES string of the molecule is CC(C)CC(=O)N1CCc2oc(-c3cccc(NC(=O)C4CC4)c3)cc2C1. The summed E-state index contributed by atoms with van der Waals surface area (Å²) in [5.74, 6) is 2.62. The number of hydrogen-bond acceptors (Lipinski definition) is 3. The van der Waals surface area contributed by atoms with Crippen LogP contribution in [-0.2, 0) is 22.6 Å². The minimum Gasteiger partial charge on any atom is -0.461 e. The zero-order valence-corrected chi connectivity index (χ0v) is 16.0. The summed E-state index contributed by atoms with van der Waals surface area (Å²) in [7, 11) is 0. The molecule has 1 aromatic carbocycles. The highest BCUT2D eigenvalue weighted by molar-refractivity contribution is 5.94. The highest BCUT2D eigenvalue weighted by atomic mass is 16.3. The Hall–Kier alpha value is -2.56. The van der Waals surface area contributed by atoms with Gasteiger partial charge < -0.3 is 14.6 Å². The third-order valence-corrected chi connectivity index (χ3v) is 5.16. The summed E-state index contributed by atoms with van der Waals surface area (Å²) in [4.78, 5) is 26.3. The maximum absolute atomic E-state index is 12.4. The van der Waals surface area contributed by atoms with Gasteiger partial charge in [-0.1, -0.05) is 26.0 Å². The predicted molar refractivity (Wildman–Crippen MR) is 104 cm³/mol. The first-order valence-electron chi connectivity index (χ1n) is 9.80. The summed E-state index contributed by atoms with van der Waals surface area (Å²) in [6.45, 7) is 5.46. The summed E-state index contributed by atoms with van der Waals surface area (Å²) in [5, 5.41) is 2.98. The van der Waals surface area contributed by atoms with E-state index in [-0.39, 0.29) is 17.7 Å². The number of hydrogen-bond donors (Lipinski definition) is 1. The van der Waals surface area contributed by atoms with Crippen LogP contribution < -0.4 is 5.32 Å². The van der Waals surface area contributed by atoms with Crippen molar-refractivity contribution >= 4 is 17.5 Å². The van der Waals surface area contributed by atoms with Gasteiger partial charge in [-0.25, -0.2) is 0 Å². The molecule has 27 heavy (non-hydrogen) atoms. The average molecular weight is 366 g/mol. The van der Waals surface area contributed by atoms with Crippen molar-refractivity contribution in [3.8, 4) is 11.3 Å². The highest BCUT2D eigenvalue weighted by Crippen LogP contribution is 2.33. The molecule has 5 heteroatoms. The maximum atomic E-state index is 12.4. The van der Waals surface area contributed by atoms with E-state index in [9.17, 15) is 9.59 Å². The van der Waals surface area contributed by atoms with Crippen molar-refractivity contribution in [3.63, 3.8) is 0 Å². The Kier molecular flexibility index (Phi) is 4.77. The Morgan fingerprint density at radius 1 is 1.26 bits per heavy atom. The van der Waals surface area contributed by atoms with Gasteiger partial charge in [-0.05, 0) is 37.0 Å². The van der Waals surface area contributed by atoms with E-state index in [1.807, 2.05) is 35.2 Å². The fourth-order valence-electron chi connectivity index (χ4n) is 3.51. The van der Waals surface area contributed by atoms with Gasteiger partial charge in [0, 0.05) is 48.7 Å². The minimum absolute atomic E-state index is 0.102. The minimum atomic E-state index is 0.102. The molecule has 1 aromatic heterocycles. The van der Waals surface area contributed by atoms with E-state index < -0.39 is 0 Å². The third kappa shape index (κ3) is 4.07. The summed E-state index contributed by atoms with van der Waals surface area (Å²) < 4.78 is 6.07. The van der Waals surface area contributed by atoms with Crippen LogP contribution in [-0.4, -0.2) is 23.3 Å². The lowest BCUT2D eigenvalue weighted by molar-refractivity contribution is -0.133. The van der Waals surface area contributed by atoms with E-state index in [0.29, 0.717) is 25.4 Å². The smallest absolute Gasteiger partial charge is 0.227 e. The standard InChI is InChI=1S/C22H26N2O3/c1-14(2)10-21(25)24-9-8-19-17(13-24)12-20(27-19)16-4-3-5-18(11-16)23-22(26)15-6-7-15/h3-5,11-12,14-15H,6-10,13H2,1-2H3,(H,23,26). The van der Waals surface area contributed by atoms with E-state index in [4.69, 9.17) is 4.42 Å². The Morgan fingerprint density at radius 3 is 2.81 bits per heavy atom. The van der Waals surface area contributed by atoms with Gasteiger partial charge in [0.25, 0.3) is 0 Å². The van der Waals surface area contributed by atoms with Crippen LogP contribution in [0.3, 0.4) is 0 Å². The first-order chi connectivity index (χ1) is 13.0. The van der Waals surface area contributed by atoms with Crippen molar-refractivity contribution in [3.05, 3.63) is 41.7 Å². The number of rotatable bonds is 5. The number of carbonyl (C=O) groups is 2. The van der Waals surface area contributed by atoms with Gasteiger partial charge in [0.2, 0.25) is 11.8 Å². The second-order valence-electron chi connectivity index (χ2n) is 8.07. The maximum Gasteiger partial charge on any atom is 0.227 e. The molecule has 0 spiro atoms. The molecule has 0 atom stereocenters. The van der Waals surface area contributed by atoms with Gasteiger partial charge >= 0.3 is 0 Å². The average Bonchev–Trinajstić information content (AvgIpc) is 3.40. The van der Waals surface area contributed by atoms with Crippen molar-refractivity contribution in [2.45, 2.75) is 46.1 Å². The molecular weight excluding hydrogens is 340 g/mol. The van der Waals surface area contributed by atoms with Gasteiger partial charge in [0.1, 0.15) is 11.5 Å². The van der Waals surface area contributed by atoms with Crippen molar-refractivity contribution in [2.75, 3.05) is 11.9 Å². The molecular formula is C22H26N2O3. The van der Waals surface area contributed by atoms with Crippen LogP contribution in [0.25, 0.3) is 11.3 Å². The molecule has 2 aliphatic rings. The topological polar surface area (TPSA) is 62.6 Å². The Balaban J connectivity index is 1.49. The summed E-state index contributed by atoms with van der Waals surface area (Å²) in [5.41, 5.74) is 2.83. The first-order valence-corrected chi connectivity index (χ1v) is 9.80. The number of nitrogens with zero attached hydrogens (tertiary/aromatic N) is 1. The first kappa shape index (κ1) is 17.8. The fourth-order valence-corrected chi connectivity index (χ4v) is 3.51. The number of nitrogens with one attached hydrogen (secondary N) is 1. The van der Waals surface area contributed by atoms with Gasteiger partial charge in [-0.15, -0.1) is 0 Å². The molecule has 1 saturated carbocycles. The monoisotopic (exact) mass is 366 g/mol. The highest BCUT2D eigenvalue weighted by Gasteiger charge is 2.29. The molecule has 5 nitrogen and oxygen atoms in total. The van der Waals surface area contributed by atoms with Crippen molar-refractivity contribution in [1.82, 2.24) is 4.90 Å². The van der Waals surface area contributed by atoms with Crippen LogP contribution in [0.5, 0.6) is 0 Å². The largest absolute Gasteiger partial charge is 0.461 e. The Labute approximate surface area is 159 Å². The number of benzene rings is 1. The van der Waals surface area contributed by atoms with Gasteiger partial charge in [-0.2, -0.15) is 0 Å². The predicted octanol–water partition coefficient (Wildman–Crippen LogP) is 4.23. The summed E-state index contributed by atoms with van der Waals surface area (Å²) in [6, 6.07) is 9.80.